The Hall–Kier alpha value is -1.78. The van der Waals surface area contributed by atoms with E-state index in [-0.39, 0.29) is 16.6 Å². The van der Waals surface area contributed by atoms with Gasteiger partial charge in [0, 0.05) is 29.4 Å². The molecule has 3 nitrogen and oxygen atoms in total. The van der Waals surface area contributed by atoms with Crippen LogP contribution in [0.15, 0.2) is 65.6 Å². The van der Waals surface area contributed by atoms with E-state index in [9.17, 15) is 4.79 Å². The second-order valence-corrected chi connectivity index (χ2v) is 8.34. The van der Waals surface area contributed by atoms with Crippen molar-refractivity contribution < 1.29 is 9.53 Å². The van der Waals surface area contributed by atoms with E-state index in [1.165, 1.54) is 4.90 Å². The van der Waals surface area contributed by atoms with Gasteiger partial charge in [-0.2, -0.15) is 0 Å². The highest BCUT2D eigenvalue weighted by Crippen LogP contribution is 2.40. The summed E-state index contributed by atoms with van der Waals surface area (Å²) in [5, 5.41) is 3.25. The van der Waals surface area contributed by atoms with Crippen LogP contribution >= 0.6 is 11.8 Å². The van der Waals surface area contributed by atoms with Crippen LogP contribution < -0.4 is 5.32 Å². The molecular formula is C22H27NO2S. The molecule has 0 radical (unpaired) electrons. The highest BCUT2D eigenvalue weighted by Gasteiger charge is 2.35. The predicted octanol–water partition coefficient (Wildman–Crippen LogP) is 4.64. The topological polar surface area (TPSA) is 38.3 Å². The first-order chi connectivity index (χ1) is 12.7. The fourth-order valence-corrected chi connectivity index (χ4v) is 4.73. The molecule has 2 aromatic rings. The first kappa shape index (κ1) is 19.0. The monoisotopic (exact) mass is 369 g/mol. The molecule has 1 atom stereocenters. The highest BCUT2D eigenvalue weighted by molar-refractivity contribution is 8.00. The minimum atomic E-state index is -0.0881. The maximum absolute atomic E-state index is 12.9. The van der Waals surface area contributed by atoms with Crippen LogP contribution in [0, 0.1) is 0 Å². The van der Waals surface area contributed by atoms with Crippen LogP contribution in [0.1, 0.15) is 37.7 Å². The van der Waals surface area contributed by atoms with Crippen molar-refractivity contribution in [3.63, 3.8) is 0 Å². The zero-order chi connectivity index (χ0) is 18.2. The fourth-order valence-electron chi connectivity index (χ4n) is 3.43. The lowest BCUT2D eigenvalue weighted by Gasteiger charge is -2.37. The smallest absolute Gasteiger partial charge is 0.227 e. The quantitative estimate of drug-likeness (QED) is 0.773. The van der Waals surface area contributed by atoms with Crippen molar-refractivity contribution in [2.75, 3.05) is 19.8 Å². The SMILES string of the molecule is CC[C@@H](C(=O)NCC1(Sc2ccccc2)CCOCC1)c1ccccc1. The van der Waals surface area contributed by atoms with Crippen LogP contribution in [-0.2, 0) is 9.53 Å². The van der Waals surface area contributed by atoms with Crippen molar-refractivity contribution in [1.82, 2.24) is 5.32 Å². The second-order valence-electron chi connectivity index (χ2n) is 6.80. The zero-order valence-electron chi connectivity index (χ0n) is 15.3. The average Bonchev–Trinajstić information content (AvgIpc) is 2.69. The number of benzene rings is 2. The van der Waals surface area contributed by atoms with Crippen LogP contribution in [0.25, 0.3) is 0 Å². The molecular weight excluding hydrogens is 342 g/mol. The Balaban J connectivity index is 1.68. The number of nitrogens with one attached hydrogen (secondary N) is 1. The van der Waals surface area contributed by atoms with Crippen LogP contribution in [0.4, 0.5) is 0 Å². The van der Waals surface area contributed by atoms with Crippen molar-refractivity contribution in [3.8, 4) is 0 Å². The number of hydrogen-bond acceptors (Lipinski definition) is 3. The lowest BCUT2D eigenvalue weighted by atomic mass is 9.94. The molecule has 1 amide bonds. The molecule has 26 heavy (non-hydrogen) atoms. The summed E-state index contributed by atoms with van der Waals surface area (Å²) in [5.74, 6) is 0.0352. The number of hydrogen-bond donors (Lipinski definition) is 1. The van der Waals surface area contributed by atoms with Crippen LogP contribution in [-0.4, -0.2) is 30.4 Å². The van der Waals surface area contributed by atoms with Gasteiger partial charge in [0.2, 0.25) is 5.91 Å². The van der Waals surface area contributed by atoms with E-state index in [1.54, 1.807) is 0 Å². The van der Waals surface area contributed by atoms with Gasteiger partial charge in [0.1, 0.15) is 0 Å². The summed E-state index contributed by atoms with van der Waals surface area (Å²) >= 11 is 1.87. The number of carbonyl (C=O) groups is 1. The summed E-state index contributed by atoms with van der Waals surface area (Å²) in [6.45, 7) is 4.26. The van der Waals surface area contributed by atoms with E-state index >= 15 is 0 Å². The van der Waals surface area contributed by atoms with Crippen molar-refractivity contribution in [2.45, 2.75) is 41.7 Å². The molecule has 0 aliphatic carbocycles. The molecule has 1 aliphatic heterocycles. The van der Waals surface area contributed by atoms with E-state index < -0.39 is 0 Å². The normalized spacial score (nSPS) is 17.4. The summed E-state index contributed by atoms with van der Waals surface area (Å²) in [4.78, 5) is 14.1. The average molecular weight is 370 g/mol. The van der Waals surface area contributed by atoms with Gasteiger partial charge in [-0.15, -0.1) is 11.8 Å². The van der Waals surface area contributed by atoms with Gasteiger partial charge >= 0.3 is 0 Å². The maximum atomic E-state index is 12.9. The summed E-state index contributed by atoms with van der Waals surface area (Å²) in [6.07, 6.45) is 2.71. The fraction of sp³-hybridized carbons (Fsp3) is 0.409. The number of ether oxygens (including phenoxy) is 1. The summed E-state index contributed by atoms with van der Waals surface area (Å²) in [7, 11) is 0. The molecule has 1 fully saturated rings. The molecule has 138 valence electrons. The molecule has 2 aromatic carbocycles. The van der Waals surface area contributed by atoms with Crippen molar-refractivity contribution in [1.29, 1.82) is 0 Å². The molecule has 0 spiro atoms. The molecule has 1 aliphatic rings. The van der Waals surface area contributed by atoms with Gasteiger partial charge in [-0.25, -0.2) is 0 Å². The highest BCUT2D eigenvalue weighted by atomic mass is 32.2. The maximum Gasteiger partial charge on any atom is 0.227 e. The number of rotatable bonds is 7. The third-order valence-corrected chi connectivity index (χ3v) is 6.49. The first-order valence-electron chi connectivity index (χ1n) is 9.37. The summed E-state index contributed by atoms with van der Waals surface area (Å²) in [5.41, 5.74) is 1.09. The number of amides is 1. The van der Waals surface area contributed by atoms with Gasteiger partial charge in [-0.1, -0.05) is 55.5 Å². The van der Waals surface area contributed by atoms with E-state index in [0.29, 0.717) is 6.54 Å². The molecule has 1 N–H and O–H groups in total. The Bertz CT molecular complexity index is 684. The molecule has 0 unspecified atom stereocenters. The molecule has 0 aromatic heterocycles. The lowest BCUT2D eigenvalue weighted by Crippen LogP contribution is -2.45. The van der Waals surface area contributed by atoms with Crippen molar-refractivity contribution in [3.05, 3.63) is 66.2 Å². The third kappa shape index (κ3) is 4.89. The van der Waals surface area contributed by atoms with Gasteiger partial charge in [-0.05, 0) is 37.0 Å². The molecule has 0 saturated carbocycles. The Morgan fingerprint density at radius 2 is 1.69 bits per heavy atom. The lowest BCUT2D eigenvalue weighted by molar-refractivity contribution is -0.122. The molecule has 1 saturated heterocycles. The molecule has 1 heterocycles. The third-order valence-electron chi connectivity index (χ3n) is 4.99. The molecule has 4 heteroatoms. The van der Waals surface area contributed by atoms with E-state index in [0.717, 1.165) is 38.0 Å². The zero-order valence-corrected chi connectivity index (χ0v) is 16.1. The molecule has 3 rings (SSSR count). The van der Waals surface area contributed by atoms with Crippen LogP contribution in [0.2, 0.25) is 0 Å². The first-order valence-corrected chi connectivity index (χ1v) is 10.2. The van der Waals surface area contributed by atoms with Gasteiger partial charge in [0.05, 0.1) is 5.92 Å². The Kier molecular flexibility index (Phi) is 6.75. The van der Waals surface area contributed by atoms with Gasteiger partial charge in [0.15, 0.2) is 0 Å². The van der Waals surface area contributed by atoms with Crippen molar-refractivity contribution >= 4 is 17.7 Å². The minimum Gasteiger partial charge on any atom is -0.381 e. The Morgan fingerprint density at radius 3 is 2.31 bits per heavy atom. The summed E-state index contributed by atoms with van der Waals surface area (Å²) in [6, 6.07) is 20.5. The Labute approximate surface area is 160 Å². The minimum absolute atomic E-state index is 0.00421. The van der Waals surface area contributed by atoms with E-state index in [2.05, 4.69) is 36.5 Å². The second kappa shape index (κ2) is 9.24. The standard InChI is InChI=1S/C22H27NO2S/c1-2-20(18-9-5-3-6-10-18)21(24)23-17-22(13-15-25-16-14-22)26-19-11-7-4-8-12-19/h3-12,20H,2,13-17H2,1H3,(H,23,24)/t20-/m1/s1. The summed E-state index contributed by atoms with van der Waals surface area (Å²) < 4.78 is 5.59. The van der Waals surface area contributed by atoms with Gasteiger partial charge in [-0.3, -0.25) is 4.79 Å². The van der Waals surface area contributed by atoms with Gasteiger partial charge < -0.3 is 10.1 Å². The number of thioether (sulfide) groups is 1. The Morgan fingerprint density at radius 1 is 1.08 bits per heavy atom. The van der Waals surface area contributed by atoms with E-state index in [1.807, 2.05) is 48.2 Å². The number of carbonyl (C=O) groups excluding carboxylic acids is 1. The van der Waals surface area contributed by atoms with Crippen LogP contribution in [0.3, 0.4) is 0 Å². The van der Waals surface area contributed by atoms with Gasteiger partial charge in [0.25, 0.3) is 0 Å². The van der Waals surface area contributed by atoms with Crippen molar-refractivity contribution in [2.24, 2.45) is 0 Å². The largest absolute Gasteiger partial charge is 0.381 e. The van der Waals surface area contributed by atoms with Crippen LogP contribution in [0.5, 0.6) is 0 Å². The molecule has 0 bridgehead atoms. The predicted molar refractivity (Wildman–Crippen MR) is 108 cm³/mol. The van der Waals surface area contributed by atoms with E-state index in [4.69, 9.17) is 4.74 Å².